The molecule has 0 amide bonds. The standard InChI is InChI=1S/C26H32O4/c1-3-5-17-29-25(27)23(19-21-13-9-7-10-14-21)24(26(28)30-18-6-4-2)20-22-15-11-8-12-16-22/h7-16H,3-6,17-20H2,1-2H3. The van der Waals surface area contributed by atoms with Crippen molar-refractivity contribution in [3.8, 4) is 0 Å². The maximum atomic E-state index is 13.0. The fraction of sp³-hybridized carbons (Fsp3) is 0.385. The van der Waals surface area contributed by atoms with Gasteiger partial charge in [0.2, 0.25) is 0 Å². The minimum Gasteiger partial charge on any atom is -0.462 e. The highest BCUT2D eigenvalue weighted by atomic mass is 16.5. The predicted octanol–water partition coefficient (Wildman–Crippen LogP) is 5.46. The van der Waals surface area contributed by atoms with Crippen LogP contribution in [0, 0.1) is 0 Å². The summed E-state index contributed by atoms with van der Waals surface area (Å²) in [5.74, 6) is -0.878. The molecule has 0 aliphatic carbocycles. The first-order chi connectivity index (χ1) is 14.7. The van der Waals surface area contributed by atoms with E-state index in [1.54, 1.807) is 0 Å². The molecule has 0 aromatic heterocycles. The van der Waals surface area contributed by atoms with E-state index in [4.69, 9.17) is 9.47 Å². The van der Waals surface area contributed by atoms with Gasteiger partial charge in [0.1, 0.15) is 0 Å². The third-order valence-electron chi connectivity index (χ3n) is 4.77. The number of carbonyl (C=O) groups is 2. The third kappa shape index (κ3) is 7.86. The summed E-state index contributed by atoms with van der Waals surface area (Å²) >= 11 is 0. The Morgan fingerprint density at radius 1 is 0.633 bits per heavy atom. The Balaban J connectivity index is 2.41. The van der Waals surface area contributed by atoms with Crippen LogP contribution in [0.2, 0.25) is 0 Å². The van der Waals surface area contributed by atoms with Gasteiger partial charge in [0.15, 0.2) is 0 Å². The van der Waals surface area contributed by atoms with Crippen LogP contribution >= 0.6 is 0 Å². The molecule has 0 radical (unpaired) electrons. The van der Waals surface area contributed by atoms with E-state index in [-0.39, 0.29) is 0 Å². The first-order valence-corrected chi connectivity index (χ1v) is 10.8. The summed E-state index contributed by atoms with van der Waals surface area (Å²) in [4.78, 5) is 26.0. The molecule has 0 unspecified atom stereocenters. The zero-order chi connectivity index (χ0) is 21.6. The number of hydrogen-bond donors (Lipinski definition) is 0. The lowest BCUT2D eigenvalue weighted by atomic mass is 9.95. The fourth-order valence-electron chi connectivity index (χ4n) is 3.00. The van der Waals surface area contributed by atoms with Gasteiger partial charge in [-0.15, -0.1) is 0 Å². The largest absolute Gasteiger partial charge is 0.462 e. The van der Waals surface area contributed by atoms with Gasteiger partial charge in [-0.25, -0.2) is 9.59 Å². The van der Waals surface area contributed by atoms with Crippen molar-refractivity contribution >= 4 is 11.9 Å². The smallest absolute Gasteiger partial charge is 0.334 e. The number of ether oxygens (including phenoxy) is 2. The van der Waals surface area contributed by atoms with Crippen LogP contribution < -0.4 is 0 Å². The Morgan fingerprint density at radius 3 is 1.33 bits per heavy atom. The molecule has 0 spiro atoms. The molecule has 2 aromatic rings. The van der Waals surface area contributed by atoms with Gasteiger partial charge >= 0.3 is 11.9 Å². The van der Waals surface area contributed by atoms with Crippen LogP contribution in [0.25, 0.3) is 0 Å². The maximum Gasteiger partial charge on any atom is 0.334 e. The number of esters is 2. The summed E-state index contributed by atoms with van der Waals surface area (Å²) in [6, 6.07) is 19.3. The zero-order valence-corrected chi connectivity index (χ0v) is 18.1. The van der Waals surface area contributed by atoms with Gasteiger partial charge in [-0.2, -0.15) is 0 Å². The average Bonchev–Trinajstić information content (AvgIpc) is 2.77. The van der Waals surface area contributed by atoms with Crippen LogP contribution in [-0.4, -0.2) is 25.2 Å². The molecular formula is C26H32O4. The Hall–Kier alpha value is -2.88. The predicted molar refractivity (Wildman–Crippen MR) is 119 cm³/mol. The molecule has 4 heteroatoms. The average molecular weight is 409 g/mol. The first-order valence-electron chi connectivity index (χ1n) is 10.8. The Labute approximate surface area is 179 Å². The quantitative estimate of drug-likeness (QED) is 0.266. The second-order valence-electron chi connectivity index (χ2n) is 7.26. The van der Waals surface area contributed by atoms with Crippen molar-refractivity contribution in [2.45, 2.75) is 52.4 Å². The van der Waals surface area contributed by atoms with Crippen molar-refractivity contribution in [1.29, 1.82) is 0 Å². The van der Waals surface area contributed by atoms with Crippen molar-refractivity contribution < 1.29 is 19.1 Å². The molecule has 2 rings (SSSR count). The highest BCUT2D eigenvalue weighted by Gasteiger charge is 2.24. The lowest BCUT2D eigenvalue weighted by Crippen LogP contribution is -2.20. The molecule has 0 atom stereocenters. The lowest BCUT2D eigenvalue weighted by molar-refractivity contribution is -0.142. The minimum absolute atomic E-state index is 0.330. The second-order valence-corrected chi connectivity index (χ2v) is 7.26. The minimum atomic E-state index is -0.439. The molecular weight excluding hydrogens is 376 g/mol. The van der Waals surface area contributed by atoms with E-state index in [0.717, 1.165) is 36.8 Å². The Kier molecular flexibility index (Phi) is 10.4. The summed E-state index contributed by atoms with van der Waals surface area (Å²) < 4.78 is 11.0. The van der Waals surface area contributed by atoms with Gasteiger partial charge in [0.05, 0.1) is 24.4 Å². The number of unbranched alkanes of at least 4 members (excludes halogenated alkanes) is 2. The molecule has 0 heterocycles. The monoisotopic (exact) mass is 408 g/mol. The van der Waals surface area contributed by atoms with Crippen molar-refractivity contribution in [2.75, 3.05) is 13.2 Å². The van der Waals surface area contributed by atoms with E-state index in [0.29, 0.717) is 37.2 Å². The highest BCUT2D eigenvalue weighted by Crippen LogP contribution is 2.20. The van der Waals surface area contributed by atoms with Gasteiger partial charge in [-0.05, 0) is 24.0 Å². The number of rotatable bonds is 12. The van der Waals surface area contributed by atoms with E-state index in [1.165, 1.54) is 0 Å². The second kappa shape index (κ2) is 13.4. The molecule has 0 aliphatic rings. The molecule has 0 fully saturated rings. The summed E-state index contributed by atoms with van der Waals surface area (Å²) in [5, 5.41) is 0. The van der Waals surface area contributed by atoms with E-state index in [1.807, 2.05) is 74.5 Å². The third-order valence-corrected chi connectivity index (χ3v) is 4.77. The van der Waals surface area contributed by atoms with Gasteiger partial charge < -0.3 is 9.47 Å². The highest BCUT2D eigenvalue weighted by molar-refractivity contribution is 6.01. The summed E-state index contributed by atoms with van der Waals surface area (Å²) in [6.45, 7) is 4.77. The summed E-state index contributed by atoms with van der Waals surface area (Å²) in [6.07, 6.45) is 4.11. The van der Waals surface area contributed by atoms with Crippen molar-refractivity contribution in [1.82, 2.24) is 0 Å². The van der Waals surface area contributed by atoms with Crippen LogP contribution in [0.15, 0.2) is 71.8 Å². The molecule has 0 aliphatic heterocycles. The van der Waals surface area contributed by atoms with Crippen LogP contribution in [0.3, 0.4) is 0 Å². The molecule has 2 aromatic carbocycles. The Morgan fingerprint density at radius 2 is 1.00 bits per heavy atom. The van der Waals surface area contributed by atoms with E-state index in [2.05, 4.69) is 0 Å². The molecule has 0 bridgehead atoms. The summed E-state index contributed by atoms with van der Waals surface area (Å²) in [7, 11) is 0. The molecule has 160 valence electrons. The van der Waals surface area contributed by atoms with Crippen LogP contribution in [-0.2, 0) is 31.9 Å². The van der Waals surface area contributed by atoms with Crippen LogP contribution in [0.5, 0.6) is 0 Å². The molecule has 0 saturated heterocycles. The number of benzene rings is 2. The SMILES string of the molecule is CCCCOC(=O)C(Cc1ccccc1)=C(Cc1ccccc1)C(=O)OCCCC. The van der Waals surface area contributed by atoms with Crippen LogP contribution in [0.4, 0.5) is 0 Å². The van der Waals surface area contributed by atoms with E-state index in [9.17, 15) is 9.59 Å². The number of carbonyl (C=O) groups excluding carboxylic acids is 2. The van der Waals surface area contributed by atoms with Crippen molar-refractivity contribution in [2.24, 2.45) is 0 Å². The molecule has 4 nitrogen and oxygen atoms in total. The number of hydrogen-bond acceptors (Lipinski definition) is 4. The maximum absolute atomic E-state index is 13.0. The van der Waals surface area contributed by atoms with Gasteiger partial charge in [-0.1, -0.05) is 87.4 Å². The van der Waals surface area contributed by atoms with E-state index < -0.39 is 11.9 Å². The molecule has 0 N–H and O–H groups in total. The zero-order valence-electron chi connectivity index (χ0n) is 18.1. The van der Waals surface area contributed by atoms with Crippen molar-refractivity contribution in [3.05, 3.63) is 82.9 Å². The van der Waals surface area contributed by atoms with Gasteiger partial charge in [-0.3, -0.25) is 0 Å². The first kappa shape index (κ1) is 23.4. The molecule has 0 saturated carbocycles. The van der Waals surface area contributed by atoms with E-state index >= 15 is 0 Å². The fourth-order valence-corrected chi connectivity index (χ4v) is 3.00. The Bertz CT molecular complexity index is 740. The normalized spacial score (nSPS) is 11.5. The van der Waals surface area contributed by atoms with Crippen molar-refractivity contribution in [3.63, 3.8) is 0 Å². The lowest BCUT2D eigenvalue weighted by Gasteiger charge is -2.15. The summed E-state index contributed by atoms with van der Waals surface area (Å²) in [5.41, 5.74) is 2.66. The van der Waals surface area contributed by atoms with Gasteiger partial charge in [0.25, 0.3) is 0 Å². The van der Waals surface area contributed by atoms with Crippen LogP contribution in [0.1, 0.15) is 50.7 Å². The molecule has 30 heavy (non-hydrogen) atoms. The van der Waals surface area contributed by atoms with Gasteiger partial charge in [0, 0.05) is 12.8 Å². The topological polar surface area (TPSA) is 52.6 Å².